The minimum atomic E-state index is -1.23. The number of aryl methyl sites for hydroxylation is 1. The van der Waals surface area contributed by atoms with Crippen LogP contribution in [-0.2, 0) is 31.0 Å². The van der Waals surface area contributed by atoms with Gasteiger partial charge in [0.2, 0.25) is 11.3 Å². The van der Waals surface area contributed by atoms with E-state index in [1.54, 1.807) is 37.4 Å². The molecule has 2 N–H and O–H groups in total. The Morgan fingerprint density at radius 1 is 1.35 bits per heavy atom. The number of carbonyl (C=O) groups is 4. The molecule has 1 aromatic carbocycles. The Kier molecular flexibility index (Phi) is 6.88. The Morgan fingerprint density at radius 2 is 2.09 bits per heavy atom. The van der Waals surface area contributed by atoms with Crippen molar-refractivity contribution in [2.24, 2.45) is 7.05 Å². The Hall–Kier alpha value is -3.39. The molecular weight excluding hydrogens is 484 g/mol. The van der Waals surface area contributed by atoms with Crippen molar-refractivity contribution in [3.63, 3.8) is 0 Å². The number of ether oxygens (including phenoxy) is 1. The molecule has 4 rings (SSSR count). The van der Waals surface area contributed by atoms with Gasteiger partial charge in [-0.15, -0.1) is 16.9 Å². The van der Waals surface area contributed by atoms with Crippen molar-refractivity contribution >= 4 is 47.8 Å². The van der Waals surface area contributed by atoms with Crippen LogP contribution in [0.15, 0.2) is 46.8 Å². The number of hydrogen-bond acceptors (Lipinski definition) is 10. The average molecular weight is 505 g/mol. The lowest BCUT2D eigenvalue weighted by Gasteiger charge is -2.50. The first-order chi connectivity index (χ1) is 16.3. The fourth-order valence-electron chi connectivity index (χ4n) is 3.71. The molecule has 12 nitrogen and oxygen atoms in total. The van der Waals surface area contributed by atoms with Crippen LogP contribution in [0.4, 0.5) is 0 Å². The largest absolute Gasteiger partial charge is 0.477 e. The summed E-state index contributed by atoms with van der Waals surface area (Å²) in [6, 6.07) is 7.45. The quantitative estimate of drug-likeness (QED) is 0.276. The SMILES string of the molecule is CC(Sc1nnnn1C)C1=C(C(=O)O)N2C(=O)[C@@H](NC(=O)C(OC=O)c3ccccc3)[C@@H]2SC1. The van der Waals surface area contributed by atoms with Gasteiger partial charge in [0.05, 0.1) is 0 Å². The molecule has 2 aromatic rings. The average Bonchev–Trinajstić information content (AvgIpc) is 3.24. The molecule has 2 aliphatic rings. The molecule has 4 atom stereocenters. The normalized spacial score (nSPS) is 21.2. The second kappa shape index (κ2) is 9.85. The fourth-order valence-corrected chi connectivity index (χ4v) is 6.21. The number of carboxylic acid groups (broad SMARTS) is 1. The summed E-state index contributed by atoms with van der Waals surface area (Å²) < 4.78 is 6.43. The lowest BCUT2D eigenvalue weighted by atomic mass is 10.0. The van der Waals surface area contributed by atoms with E-state index in [0.29, 0.717) is 22.0 Å². The van der Waals surface area contributed by atoms with E-state index in [1.807, 2.05) is 6.92 Å². The van der Waals surface area contributed by atoms with Gasteiger partial charge in [0.1, 0.15) is 17.1 Å². The molecule has 0 bridgehead atoms. The van der Waals surface area contributed by atoms with Crippen LogP contribution < -0.4 is 5.32 Å². The van der Waals surface area contributed by atoms with E-state index in [0.717, 1.165) is 0 Å². The van der Waals surface area contributed by atoms with Gasteiger partial charge < -0.3 is 15.2 Å². The first kappa shape index (κ1) is 23.8. The number of thioether (sulfide) groups is 2. The highest BCUT2D eigenvalue weighted by Gasteiger charge is 2.55. The molecule has 0 radical (unpaired) electrons. The summed E-state index contributed by atoms with van der Waals surface area (Å²) in [6.07, 6.45) is -1.23. The number of carboxylic acids is 1. The highest BCUT2D eigenvalue weighted by molar-refractivity contribution is 8.01. The molecule has 0 spiro atoms. The van der Waals surface area contributed by atoms with Crippen LogP contribution in [0.2, 0.25) is 0 Å². The number of carbonyl (C=O) groups excluding carboxylic acids is 3. The predicted octanol–water partition coefficient (Wildman–Crippen LogP) is 0.344. The Labute approximate surface area is 202 Å². The Balaban J connectivity index is 1.52. The maximum absolute atomic E-state index is 12.9. The van der Waals surface area contributed by atoms with Gasteiger partial charge in [-0.3, -0.25) is 19.3 Å². The summed E-state index contributed by atoms with van der Waals surface area (Å²) in [5.41, 5.74) is 0.911. The molecule has 1 saturated heterocycles. The molecule has 178 valence electrons. The zero-order valence-electron chi connectivity index (χ0n) is 18.0. The summed E-state index contributed by atoms with van der Waals surface area (Å²) >= 11 is 2.64. The van der Waals surface area contributed by atoms with Crippen molar-refractivity contribution in [3.05, 3.63) is 47.2 Å². The zero-order valence-corrected chi connectivity index (χ0v) is 19.7. The lowest BCUT2D eigenvalue weighted by molar-refractivity contribution is -0.154. The van der Waals surface area contributed by atoms with Crippen LogP contribution in [-0.4, -0.2) is 76.9 Å². The molecule has 0 aliphatic carbocycles. The van der Waals surface area contributed by atoms with Crippen LogP contribution in [0, 0.1) is 0 Å². The summed E-state index contributed by atoms with van der Waals surface area (Å²) in [5.74, 6) is -2.10. The van der Waals surface area contributed by atoms with Crippen molar-refractivity contribution in [1.82, 2.24) is 30.4 Å². The molecule has 0 saturated carbocycles. The molecule has 2 aliphatic heterocycles. The highest BCUT2D eigenvalue weighted by atomic mass is 32.2. The third kappa shape index (κ3) is 4.37. The first-order valence-corrected chi connectivity index (χ1v) is 12.0. The third-order valence-electron chi connectivity index (χ3n) is 5.38. The molecule has 14 heteroatoms. The van der Waals surface area contributed by atoms with Crippen LogP contribution in [0.1, 0.15) is 18.6 Å². The van der Waals surface area contributed by atoms with Crippen LogP contribution in [0.5, 0.6) is 0 Å². The van der Waals surface area contributed by atoms with Gasteiger partial charge in [0.25, 0.3) is 18.3 Å². The van der Waals surface area contributed by atoms with Crippen molar-refractivity contribution in [2.45, 2.75) is 34.8 Å². The summed E-state index contributed by atoms with van der Waals surface area (Å²) in [5, 5.41) is 23.4. The Morgan fingerprint density at radius 3 is 2.71 bits per heavy atom. The van der Waals surface area contributed by atoms with E-state index in [1.165, 1.54) is 33.1 Å². The van der Waals surface area contributed by atoms with Gasteiger partial charge in [-0.1, -0.05) is 42.1 Å². The predicted molar refractivity (Wildman–Crippen MR) is 120 cm³/mol. The molecule has 34 heavy (non-hydrogen) atoms. The van der Waals surface area contributed by atoms with Crippen molar-refractivity contribution in [1.29, 1.82) is 0 Å². The van der Waals surface area contributed by atoms with Gasteiger partial charge in [-0.05, 0) is 22.9 Å². The van der Waals surface area contributed by atoms with Gasteiger partial charge in [-0.2, -0.15) is 0 Å². The fraction of sp³-hybridized carbons (Fsp3) is 0.350. The summed E-state index contributed by atoms with van der Waals surface area (Å²) in [6.45, 7) is 1.99. The number of aliphatic carboxylic acids is 1. The van der Waals surface area contributed by atoms with E-state index in [4.69, 9.17) is 4.74 Å². The number of hydrogen-bond donors (Lipinski definition) is 2. The second-order valence-electron chi connectivity index (χ2n) is 7.44. The van der Waals surface area contributed by atoms with Crippen molar-refractivity contribution in [2.75, 3.05) is 5.75 Å². The number of nitrogens with one attached hydrogen (secondary N) is 1. The maximum atomic E-state index is 12.9. The number of amides is 2. The van der Waals surface area contributed by atoms with Crippen LogP contribution in [0.3, 0.4) is 0 Å². The van der Waals surface area contributed by atoms with Gasteiger partial charge in [-0.25, -0.2) is 9.48 Å². The summed E-state index contributed by atoms with van der Waals surface area (Å²) in [7, 11) is 1.68. The van der Waals surface area contributed by atoms with E-state index < -0.39 is 35.3 Å². The molecule has 2 amide bonds. The molecule has 1 aromatic heterocycles. The molecule has 2 unspecified atom stereocenters. The first-order valence-electron chi connectivity index (χ1n) is 10.1. The number of benzene rings is 1. The smallest absolute Gasteiger partial charge is 0.352 e. The number of rotatable bonds is 9. The standard InChI is InChI=1S/C20H20N6O6S2/c1-10(34-20-22-23-24-25(20)2)12-8-33-18-13(17(29)26(18)14(12)19(30)31)21-16(28)15(32-9-27)11-6-4-3-5-7-11/h3-7,9-10,13,15,18H,8H2,1-2H3,(H,21,28)(H,30,31)/t10?,13-,15?,18+/m1/s1. The van der Waals surface area contributed by atoms with Crippen LogP contribution >= 0.6 is 23.5 Å². The van der Waals surface area contributed by atoms with Gasteiger partial charge in [0, 0.05) is 23.6 Å². The number of nitrogens with zero attached hydrogens (tertiary/aromatic N) is 5. The number of β-lactam (4-membered cyclic amide) rings is 1. The third-order valence-corrected chi connectivity index (χ3v) is 7.88. The number of tetrazole rings is 1. The van der Waals surface area contributed by atoms with Gasteiger partial charge >= 0.3 is 5.97 Å². The van der Waals surface area contributed by atoms with Crippen molar-refractivity contribution in [3.8, 4) is 0 Å². The van der Waals surface area contributed by atoms with E-state index in [9.17, 15) is 24.3 Å². The second-order valence-corrected chi connectivity index (χ2v) is 9.86. The lowest BCUT2D eigenvalue weighted by Crippen LogP contribution is -2.71. The summed E-state index contributed by atoms with van der Waals surface area (Å²) in [4.78, 5) is 50.0. The topological polar surface area (TPSA) is 157 Å². The number of fused-ring (bicyclic) bond motifs is 1. The number of aromatic nitrogens is 4. The van der Waals surface area contributed by atoms with Gasteiger partial charge in [0.15, 0.2) is 0 Å². The van der Waals surface area contributed by atoms with E-state index >= 15 is 0 Å². The maximum Gasteiger partial charge on any atom is 0.352 e. The van der Waals surface area contributed by atoms with E-state index in [-0.39, 0.29) is 17.4 Å². The molecule has 3 heterocycles. The minimum absolute atomic E-state index is 0.0990. The van der Waals surface area contributed by atoms with E-state index in [2.05, 4.69) is 20.8 Å². The Bertz CT molecular complexity index is 1160. The van der Waals surface area contributed by atoms with Crippen molar-refractivity contribution < 1.29 is 29.0 Å². The zero-order chi connectivity index (χ0) is 24.4. The van der Waals surface area contributed by atoms with Crippen LogP contribution in [0.25, 0.3) is 0 Å². The minimum Gasteiger partial charge on any atom is -0.477 e. The molecule has 1 fully saturated rings. The highest BCUT2D eigenvalue weighted by Crippen LogP contribution is 2.43. The monoisotopic (exact) mass is 504 g/mol. The molecular formula is C20H20N6O6S2.